The predicted molar refractivity (Wildman–Crippen MR) is 64.2 cm³/mol. The Morgan fingerprint density at radius 2 is 1.88 bits per heavy atom. The normalized spacial score (nSPS) is 9.88. The van der Waals surface area contributed by atoms with Gasteiger partial charge in [-0.2, -0.15) is 5.26 Å². The molecule has 17 heavy (non-hydrogen) atoms. The highest BCUT2D eigenvalue weighted by atomic mass is 16.3. The van der Waals surface area contributed by atoms with Crippen LogP contribution in [0.4, 0.5) is 0 Å². The van der Waals surface area contributed by atoms with Crippen LogP contribution in [0, 0.1) is 11.3 Å². The number of benzene rings is 2. The molecule has 0 atom stereocenters. The molecule has 0 amide bonds. The minimum absolute atomic E-state index is 0.0480. The van der Waals surface area contributed by atoms with Crippen LogP contribution in [0.3, 0.4) is 0 Å². The van der Waals surface area contributed by atoms with Gasteiger partial charge in [0.2, 0.25) is 0 Å². The molecule has 0 aromatic heterocycles. The maximum Gasteiger partial charge on any atom is 0.117 e. The molecule has 0 heterocycles. The highest BCUT2D eigenvalue weighted by Gasteiger charge is 2.06. The molecular weight excluding hydrogens is 214 g/mol. The number of nitriles is 1. The Morgan fingerprint density at radius 1 is 1.12 bits per heavy atom. The Kier molecular flexibility index (Phi) is 3.08. The van der Waals surface area contributed by atoms with Crippen LogP contribution in [0.1, 0.15) is 11.1 Å². The summed E-state index contributed by atoms with van der Waals surface area (Å²) in [7, 11) is 0. The Bertz CT molecular complexity index is 585. The van der Waals surface area contributed by atoms with E-state index >= 15 is 0 Å². The maximum absolute atomic E-state index is 9.54. The quantitative estimate of drug-likeness (QED) is 0.824. The molecular formula is C14H11NO2. The maximum atomic E-state index is 9.54. The first-order valence-electron chi connectivity index (χ1n) is 5.18. The van der Waals surface area contributed by atoms with Crippen LogP contribution in [0.2, 0.25) is 0 Å². The lowest BCUT2D eigenvalue weighted by atomic mass is 9.98. The van der Waals surface area contributed by atoms with Crippen LogP contribution in [0.15, 0.2) is 42.5 Å². The van der Waals surface area contributed by atoms with Crippen molar-refractivity contribution in [2.45, 2.75) is 6.61 Å². The smallest absolute Gasteiger partial charge is 0.117 e. The van der Waals surface area contributed by atoms with Crippen molar-refractivity contribution < 1.29 is 10.2 Å². The third-order valence-corrected chi connectivity index (χ3v) is 2.55. The molecule has 3 nitrogen and oxygen atoms in total. The third-order valence-electron chi connectivity index (χ3n) is 2.55. The van der Waals surface area contributed by atoms with Gasteiger partial charge in [-0.15, -0.1) is 0 Å². The topological polar surface area (TPSA) is 64.2 Å². The van der Waals surface area contributed by atoms with Crippen molar-refractivity contribution in [3.8, 4) is 22.9 Å². The standard InChI is InChI=1S/C14H11NO2/c15-8-10-5-12(7-13(17)6-10)14-4-2-1-3-11(14)9-16/h1-7,16-17H,9H2. The summed E-state index contributed by atoms with van der Waals surface area (Å²) in [6.45, 7) is -0.0757. The van der Waals surface area contributed by atoms with Crippen molar-refractivity contribution in [1.29, 1.82) is 5.26 Å². The average molecular weight is 225 g/mol. The SMILES string of the molecule is N#Cc1cc(O)cc(-c2ccccc2CO)c1. The van der Waals surface area contributed by atoms with Crippen molar-refractivity contribution in [2.75, 3.05) is 0 Å². The molecule has 3 heteroatoms. The fourth-order valence-corrected chi connectivity index (χ4v) is 1.77. The van der Waals surface area contributed by atoms with E-state index in [1.807, 2.05) is 30.3 Å². The summed E-state index contributed by atoms with van der Waals surface area (Å²) in [6, 6.07) is 14.0. The number of aliphatic hydroxyl groups is 1. The summed E-state index contributed by atoms with van der Waals surface area (Å²) in [5.74, 6) is 0.0480. The number of aliphatic hydroxyl groups excluding tert-OH is 1. The van der Waals surface area contributed by atoms with E-state index in [9.17, 15) is 10.2 Å². The van der Waals surface area contributed by atoms with Crippen LogP contribution in [0.25, 0.3) is 11.1 Å². The number of aromatic hydroxyl groups is 1. The van der Waals surface area contributed by atoms with Crippen LogP contribution >= 0.6 is 0 Å². The second kappa shape index (κ2) is 4.69. The van der Waals surface area contributed by atoms with E-state index in [0.717, 1.165) is 16.7 Å². The van der Waals surface area contributed by atoms with Crippen molar-refractivity contribution in [1.82, 2.24) is 0 Å². The second-order valence-corrected chi connectivity index (χ2v) is 3.70. The number of nitrogens with zero attached hydrogens (tertiary/aromatic N) is 1. The van der Waals surface area contributed by atoms with E-state index in [4.69, 9.17) is 5.26 Å². The predicted octanol–water partition coefficient (Wildman–Crippen LogP) is 2.42. The zero-order valence-electron chi connectivity index (χ0n) is 9.09. The van der Waals surface area contributed by atoms with Gasteiger partial charge >= 0.3 is 0 Å². The van der Waals surface area contributed by atoms with Gasteiger partial charge in [0.05, 0.1) is 18.2 Å². The van der Waals surface area contributed by atoms with Gasteiger partial charge in [0, 0.05) is 0 Å². The van der Waals surface area contributed by atoms with Crippen molar-refractivity contribution in [3.63, 3.8) is 0 Å². The molecule has 2 aromatic carbocycles. The highest BCUT2D eigenvalue weighted by Crippen LogP contribution is 2.28. The molecule has 2 N–H and O–H groups in total. The molecule has 2 aromatic rings. The minimum Gasteiger partial charge on any atom is -0.508 e. The second-order valence-electron chi connectivity index (χ2n) is 3.70. The number of phenols is 1. The summed E-state index contributed by atoms with van der Waals surface area (Å²) in [5.41, 5.74) is 2.71. The average Bonchev–Trinajstić information content (AvgIpc) is 2.37. The molecule has 0 bridgehead atoms. The molecule has 0 radical (unpaired) electrons. The third kappa shape index (κ3) is 2.27. The lowest BCUT2D eigenvalue weighted by Gasteiger charge is -2.08. The Labute approximate surface area is 99.2 Å². The van der Waals surface area contributed by atoms with Gasteiger partial charge < -0.3 is 10.2 Å². The van der Waals surface area contributed by atoms with Crippen molar-refractivity contribution >= 4 is 0 Å². The molecule has 0 saturated heterocycles. The molecule has 0 aliphatic heterocycles. The lowest BCUT2D eigenvalue weighted by molar-refractivity contribution is 0.282. The number of phenolic OH excluding ortho intramolecular Hbond substituents is 1. The lowest BCUT2D eigenvalue weighted by Crippen LogP contribution is -1.89. The first-order chi connectivity index (χ1) is 8.24. The van der Waals surface area contributed by atoms with Crippen molar-refractivity contribution in [3.05, 3.63) is 53.6 Å². The van der Waals surface area contributed by atoms with E-state index in [2.05, 4.69) is 0 Å². The Balaban J connectivity index is 2.60. The molecule has 0 unspecified atom stereocenters. The van der Waals surface area contributed by atoms with Crippen LogP contribution in [-0.4, -0.2) is 10.2 Å². The molecule has 0 aliphatic carbocycles. The Hall–Kier alpha value is -2.31. The van der Waals surface area contributed by atoms with E-state index in [1.54, 1.807) is 12.1 Å². The van der Waals surface area contributed by atoms with Gasteiger partial charge in [0.1, 0.15) is 5.75 Å². The molecule has 84 valence electrons. The zero-order valence-corrected chi connectivity index (χ0v) is 9.09. The van der Waals surface area contributed by atoms with Gasteiger partial charge in [-0.05, 0) is 34.9 Å². The minimum atomic E-state index is -0.0757. The summed E-state index contributed by atoms with van der Waals surface area (Å²) < 4.78 is 0. The van der Waals surface area contributed by atoms with Crippen LogP contribution in [-0.2, 0) is 6.61 Å². The van der Waals surface area contributed by atoms with Gasteiger partial charge in [-0.1, -0.05) is 24.3 Å². The van der Waals surface area contributed by atoms with Gasteiger partial charge in [-0.3, -0.25) is 0 Å². The summed E-state index contributed by atoms with van der Waals surface area (Å²) in [4.78, 5) is 0. The summed E-state index contributed by atoms with van der Waals surface area (Å²) in [5, 5.41) is 27.6. The van der Waals surface area contributed by atoms with Gasteiger partial charge in [0.25, 0.3) is 0 Å². The number of hydrogen-bond acceptors (Lipinski definition) is 3. The van der Waals surface area contributed by atoms with E-state index < -0.39 is 0 Å². The van der Waals surface area contributed by atoms with E-state index in [1.165, 1.54) is 6.07 Å². The van der Waals surface area contributed by atoms with Gasteiger partial charge in [0.15, 0.2) is 0 Å². The van der Waals surface area contributed by atoms with Crippen LogP contribution in [0.5, 0.6) is 5.75 Å². The molecule has 0 fully saturated rings. The van der Waals surface area contributed by atoms with Crippen molar-refractivity contribution in [2.24, 2.45) is 0 Å². The first-order valence-corrected chi connectivity index (χ1v) is 5.18. The molecule has 0 saturated carbocycles. The fraction of sp³-hybridized carbons (Fsp3) is 0.0714. The van der Waals surface area contributed by atoms with Gasteiger partial charge in [-0.25, -0.2) is 0 Å². The largest absolute Gasteiger partial charge is 0.508 e. The summed E-state index contributed by atoms with van der Waals surface area (Å²) in [6.07, 6.45) is 0. The molecule has 2 rings (SSSR count). The fourth-order valence-electron chi connectivity index (χ4n) is 1.77. The number of rotatable bonds is 2. The highest BCUT2D eigenvalue weighted by molar-refractivity contribution is 5.70. The zero-order chi connectivity index (χ0) is 12.3. The summed E-state index contributed by atoms with van der Waals surface area (Å²) >= 11 is 0. The number of hydrogen-bond donors (Lipinski definition) is 2. The molecule has 0 spiro atoms. The molecule has 0 aliphatic rings. The monoisotopic (exact) mass is 225 g/mol. The van der Waals surface area contributed by atoms with E-state index in [-0.39, 0.29) is 12.4 Å². The first kappa shape index (κ1) is 11.2. The Morgan fingerprint density at radius 3 is 2.59 bits per heavy atom. The van der Waals surface area contributed by atoms with Crippen LogP contribution < -0.4 is 0 Å². The van der Waals surface area contributed by atoms with E-state index in [0.29, 0.717) is 5.56 Å².